The van der Waals surface area contributed by atoms with Gasteiger partial charge in [-0.15, -0.1) is 12.4 Å². The van der Waals surface area contributed by atoms with E-state index < -0.39 is 5.97 Å². The molecule has 1 aromatic rings. The highest BCUT2D eigenvalue weighted by molar-refractivity contribution is 5.85. The number of nitrogens with zero attached hydrogens (tertiary/aromatic N) is 1. The number of benzene rings is 1. The normalized spacial score (nSPS) is 10.9. The minimum absolute atomic E-state index is 0. The van der Waals surface area contributed by atoms with Gasteiger partial charge >= 0.3 is 5.97 Å². The van der Waals surface area contributed by atoms with Gasteiger partial charge in [-0.1, -0.05) is 18.2 Å². The standard InChI is InChI=1S/C17H27NO3.ClH/c1-13(2)18(14(3)4)10-7-11-21-16-9-6-5-8-15(16)12-17(19)20;/h5-6,8-9,13-14H,7,10-12H2,1-4H3,(H,19,20);1H. The molecule has 0 heterocycles. The first-order valence-electron chi connectivity index (χ1n) is 7.60. The summed E-state index contributed by atoms with van der Waals surface area (Å²) in [5.41, 5.74) is 0.731. The smallest absolute Gasteiger partial charge is 0.307 e. The first-order valence-corrected chi connectivity index (χ1v) is 7.60. The van der Waals surface area contributed by atoms with Crippen LogP contribution in [0.3, 0.4) is 0 Å². The largest absolute Gasteiger partial charge is 0.493 e. The monoisotopic (exact) mass is 329 g/mol. The molecule has 0 fully saturated rings. The van der Waals surface area contributed by atoms with Gasteiger partial charge in [0.05, 0.1) is 13.0 Å². The Morgan fingerprint density at radius 3 is 2.32 bits per heavy atom. The third-order valence-corrected chi connectivity index (χ3v) is 3.46. The van der Waals surface area contributed by atoms with Crippen LogP contribution >= 0.6 is 12.4 Å². The van der Waals surface area contributed by atoms with Gasteiger partial charge in [-0.25, -0.2) is 0 Å². The van der Waals surface area contributed by atoms with Crippen molar-refractivity contribution in [3.8, 4) is 5.75 Å². The first kappa shape index (κ1) is 20.7. The van der Waals surface area contributed by atoms with Crippen molar-refractivity contribution in [2.75, 3.05) is 13.2 Å². The molecule has 1 N–H and O–H groups in total. The molecule has 0 unspecified atom stereocenters. The Balaban J connectivity index is 0.00000441. The minimum atomic E-state index is -0.836. The van der Waals surface area contributed by atoms with Gasteiger partial charge < -0.3 is 9.84 Å². The van der Waals surface area contributed by atoms with Gasteiger partial charge in [-0.2, -0.15) is 0 Å². The molecule has 0 radical (unpaired) electrons. The third-order valence-electron chi connectivity index (χ3n) is 3.46. The Labute approximate surface area is 139 Å². The molecular formula is C17H28ClNO3. The third kappa shape index (κ3) is 7.14. The molecule has 0 saturated heterocycles. The van der Waals surface area contributed by atoms with E-state index in [1.807, 2.05) is 18.2 Å². The molecule has 1 rings (SSSR count). The molecule has 22 heavy (non-hydrogen) atoms. The van der Waals surface area contributed by atoms with Crippen molar-refractivity contribution in [2.45, 2.75) is 52.6 Å². The van der Waals surface area contributed by atoms with Crippen LogP contribution in [0, 0.1) is 0 Å². The summed E-state index contributed by atoms with van der Waals surface area (Å²) in [5, 5.41) is 8.90. The Hall–Kier alpha value is -1.26. The molecule has 0 saturated carbocycles. The number of aliphatic carboxylic acids is 1. The van der Waals surface area contributed by atoms with Crippen molar-refractivity contribution >= 4 is 18.4 Å². The van der Waals surface area contributed by atoms with E-state index in [1.165, 1.54) is 0 Å². The van der Waals surface area contributed by atoms with Crippen molar-refractivity contribution in [2.24, 2.45) is 0 Å². The van der Waals surface area contributed by atoms with Crippen molar-refractivity contribution in [1.82, 2.24) is 4.90 Å². The first-order chi connectivity index (χ1) is 9.91. The van der Waals surface area contributed by atoms with Gasteiger partial charge in [0.1, 0.15) is 5.75 Å². The van der Waals surface area contributed by atoms with Crippen LogP contribution < -0.4 is 4.74 Å². The molecule has 0 amide bonds. The quantitative estimate of drug-likeness (QED) is 0.703. The number of carbonyl (C=O) groups is 1. The maximum absolute atomic E-state index is 10.8. The number of rotatable bonds is 9. The Morgan fingerprint density at radius 2 is 1.77 bits per heavy atom. The number of hydrogen-bond donors (Lipinski definition) is 1. The molecule has 0 atom stereocenters. The summed E-state index contributed by atoms with van der Waals surface area (Å²) in [6.45, 7) is 10.4. The summed E-state index contributed by atoms with van der Waals surface area (Å²) < 4.78 is 5.76. The van der Waals surface area contributed by atoms with Gasteiger partial charge in [0.15, 0.2) is 0 Å². The highest BCUT2D eigenvalue weighted by atomic mass is 35.5. The SMILES string of the molecule is CC(C)N(CCCOc1ccccc1CC(=O)O)C(C)C.Cl. The Bertz CT molecular complexity index is 441. The van der Waals surface area contributed by atoms with Crippen LogP contribution in [0.25, 0.3) is 0 Å². The Kier molecular flexibility index (Phi) is 9.86. The summed E-state index contributed by atoms with van der Waals surface area (Å²) in [6.07, 6.45) is 0.929. The van der Waals surface area contributed by atoms with Crippen LogP contribution in [0.15, 0.2) is 24.3 Å². The highest BCUT2D eigenvalue weighted by Crippen LogP contribution is 2.19. The van der Waals surface area contributed by atoms with Gasteiger partial charge in [-0.05, 0) is 40.2 Å². The van der Waals surface area contributed by atoms with E-state index in [4.69, 9.17) is 9.84 Å². The second kappa shape index (κ2) is 10.5. The van der Waals surface area contributed by atoms with Crippen LogP contribution in [0.2, 0.25) is 0 Å². The second-order valence-electron chi connectivity index (χ2n) is 5.81. The molecule has 0 aromatic heterocycles. The molecule has 4 nitrogen and oxygen atoms in total. The fourth-order valence-electron chi connectivity index (χ4n) is 2.50. The fourth-order valence-corrected chi connectivity index (χ4v) is 2.50. The van der Waals surface area contributed by atoms with Crippen LogP contribution in [0.4, 0.5) is 0 Å². The maximum atomic E-state index is 10.8. The van der Waals surface area contributed by atoms with Crippen LogP contribution in [0.1, 0.15) is 39.7 Å². The fraction of sp³-hybridized carbons (Fsp3) is 0.588. The molecule has 0 spiro atoms. The molecular weight excluding hydrogens is 302 g/mol. The number of para-hydroxylation sites is 1. The van der Waals surface area contributed by atoms with E-state index in [9.17, 15) is 4.79 Å². The van der Waals surface area contributed by atoms with Gasteiger partial charge in [0.2, 0.25) is 0 Å². The summed E-state index contributed by atoms with van der Waals surface area (Å²) in [6, 6.07) is 8.38. The summed E-state index contributed by atoms with van der Waals surface area (Å²) in [4.78, 5) is 13.3. The zero-order chi connectivity index (χ0) is 15.8. The summed E-state index contributed by atoms with van der Waals surface area (Å²) in [5.74, 6) is -0.155. The van der Waals surface area contributed by atoms with E-state index in [-0.39, 0.29) is 18.8 Å². The zero-order valence-corrected chi connectivity index (χ0v) is 14.7. The molecule has 0 aliphatic heterocycles. The molecule has 126 valence electrons. The van der Waals surface area contributed by atoms with E-state index in [0.717, 1.165) is 18.5 Å². The van der Waals surface area contributed by atoms with Crippen molar-refractivity contribution in [3.05, 3.63) is 29.8 Å². The van der Waals surface area contributed by atoms with Gasteiger partial charge in [0.25, 0.3) is 0 Å². The molecule has 0 aliphatic carbocycles. The zero-order valence-electron chi connectivity index (χ0n) is 13.9. The molecule has 0 aliphatic rings. The number of carboxylic acids is 1. The maximum Gasteiger partial charge on any atom is 0.307 e. The minimum Gasteiger partial charge on any atom is -0.493 e. The van der Waals surface area contributed by atoms with Crippen LogP contribution in [-0.4, -0.2) is 41.2 Å². The van der Waals surface area contributed by atoms with E-state index >= 15 is 0 Å². The number of ether oxygens (including phenoxy) is 1. The lowest BCUT2D eigenvalue weighted by atomic mass is 10.1. The molecule has 5 heteroatoms. The summed E-state index contributed by atoms with van der Waals surface area (Å²) >= 11 is 0. The van der Waals surface area contributed by atoms with E-state index in [0.29, 0.717) is 24.4 Å². The van der Waals surface area contributed by atoms with Crippen LogP contribution in [-0.2, 0) is 11.2 Å². The van der Waals surface area contributed by atoms with Gasteiger partial charge in [-0.3, -0.25) is 9.69 Å². The lowest BCUT2D eigenvalue weighted by Crippen LogP contribution is -2.38. The summed E-state index contributed by atoms with van der Waals surface area (Å²) in [7, 11) is 0. The predicted octanol–water partition coefficient (Wildman–Crippen LogP) is 3.62. The molecule has 1 aromatic carbocycles. The topological polar surface area (TPSA) is 49.8 Å². The van der Waals surface area contributed by atoms with Crippen LogP contribution in [0.5, 0.6) is 5.75 Å². The lowest BCUT2D eigenvalue weighted by Gasteiger charge is -2.30. The van der Waals surface area contributed by atoms with Crippen molar-refractivity contribution in [1.29, 1.82) is 0 Å². The van der Waals surface area contributed by atoms with Gasteiger partial charge in [0, 0.05) is 24.2 Å². The predicted molar refractivity (Wildman–Crippen MR) is 92.1 cm³/mol. The van der Waals surface area contributed by atoms with Crippen molar-refractivity contribution in [3.63, 3.8) is 0 Å². The molecule has 0 bridgehead atoms. The van der Waals surface area contributed by atoms with E-state index in [2.05, 4.69) is 32.6 Å². The number of carboxylic acid groups (broad SMARTS) is 1. The average Bonchev–Trinajstić information content (AvgIpc) is 2.38. The van der Waals surface area contributed by atoms with E-state index in [1.54, 1.807) is 6.07 Å². The lowest BCUT2D eigenvalue weighted by molar-refractivity contribution is -0.136. The number of hydrogen-bond acceptors (Lipinski definition) is 3. The highest BCUT2D eigenvalue weighted by Gasteiger charge is 2.13. The number of halogens is 1. The second-order valence-corrected chi connectivity index (χ2v) is 5.81. The Morgan fingerprint density at radius 1 is 1.18 bits per heavy atom. The average molecular weight is 330 g/mol. The van der Waals surface area contributed by atoms with Crippen molar-refractivity contribution < 1.29 is 14.6 Å².